The molecule has 0 aliphatic carbocycles. The molecule has 0 bridgehead atoms. The molecule has 2 aromatic carbocycles. The van der Waals surface area contributed by atoms with Crippen molar-refractivity contribution in [2.75, 3.05) is 7.11 Å². The van der Waals surface area contributed by atoms with Crippen LogP contribution in [0.5, 0.6) is 5.75 Å². The van der Waals surface area contributed by atoms with E-state index in [1.807, 2.05) is 87.7 Å². The average molecular weight is 617 g/mol. The Hall–Kier alpha value is -4.78. The molecule has 0 aliphatic heterocycles. The molecule has 0 radical (unpaired) electrons. The molecule has 44 heavy (non-hydrogen) atoms. The first kappa shape index (κ1) is 33.7. The molecule has 5 N–H and O–H groups in total. The number of aliphatic carboxylic acids is 1. The number of aromatic amines is 2. The van der Waals surface area contributed by atoms with Gasteiger partial charge < -0.3 is 40.0 Å². The maximum atomic E-state index is 13.5. The van der Waals surface area contributed by atoms with Gasteiger partial charge in [-0.25, -0.2) is 4.79 Å². The zero-order valence-electron chi connectivity index (χ0n) is 25.0. The number of carboxylic acids is 1. The highest BCUT2D eigenvalue weighted by Crippen LogP contribution is 2.24. The SMILES string of the molecule is CCc1c(C(=O)OC(C)(C)C)[nH]c(C[NH2+]c2ccc(OC)cc2)c1C(=O)NCc1ccc2cc[nH]c2c1.O=C([O-])C(F)(F)F. The Morgan fingerprint density at radius 3 is 2.25 bits per heavy atom. The molecule has 236 valence electrons. The molecule has 0 saturated carbocycles. The Labute approximate surface area is 251 Å². The number of H-pyrrole nitrogens is 2. The van der Waals surface area contributed by atoms with Gasteiger partial charge >= 0.3 is 12.1 Å². The maximum absolute atomic E-state index is 13.5. The fourth-order valence-electron chi connectivity index (χ4n) is 4.32. The number of alkyl halides is 3. The van der Waals surface area contributed by atoms with Crippen LogP contribution in [0.15, 0.2) is 54.7 Å². The normalized spacial score (nSPS) is 11.5. The van der Waals surface area contributed by atoms with Crippen molar-refractivity contribution in [1.29, 1.82) is 0 Å². The summed E-state index contributed by atoms with van der Waals surface area (Å²) in [6, 6.07) is 15.7. The van der Waals surface area contributed by atoms with E-state index < -0.39 is 23.7 Å². The monoisotopic (exact) mass is 616 g/mol. The summed E-state index contributed by atoms with van der Waals surface area (Å²) in [4.78, 5) is 41.8. The molecule has 4 rings (SSSR count). The van der Waals surface area contributed by atoms with Crippen LogP contribution < -0.4 is 20.5 Å². The minimum atomic E-state index is -5.19. The van der Waals surface area contributed by atoms with Gasteiger partial charge in [0.2, 0.25) is 0 Å². The van der Waals surface area contributed by atoms with E-state index in [0.29, 0.717) is 42.0 Å². The molecule has 2 aromatic heterocycles. The summed E-state index contributed by atoms with van der Waals surface area (Å²) in [6.07, 6.45) is -2.80. The number of amides is 1. The Kier molecular flexibility index (Phi) is 10.8. The summed E-state index contributed by atoms with van der Waals surface area (Å²) in [6.45, 7) is 8.22. The molecule has 0 fully saturated rings. The van der Waals surface area contributed by atoms with Crippen molar-refractivity contribution in [1.82, 2.24) is 15.3 Å². The van der Waals surface area contributed by atoms with Crippen LogP contribution in [0.3, 0.4) is 0 Å². The van der Waals surface area contributed by atoms with Crippen molar-refractivity contribution < 1.29 is 47.5 Å². The number of nitrogens with two attached hydrogens (primary N) is 1. The number of fused-ring (bicyclic) bond motifs is 1. The van der Waals surface area contributed by atoms with Crippen LogP contribution in [-0.2, 0) is 29.0 Å². The topological polar surface area (TPSA) is 153 Å². The lowest BCUT2D eigenvalue weighted by Crippen LogP contribution is -2.76. The van der Waals surface area contributed by atoms with E-state index >= 15 is 0 Å². The fourth-order valence-corrected chi connectivity index (χ4v) is 4.32. The van der Waals surface area contributed by atoms with Gasteiger partial charge in [-0.2, -0.15) is 13.2 Å². The number of quaternary nitrogens is 1. The van der Waals surface area contributed by atoms with Gasteiger partial charge in [0.15, 0.2) is 0 Å². The maximum Gasteiger partial charge on any atom is 0.430 e. The third-order valence-electron chi connectivity index (χ3n) is 6.33. The van der Waals surface area contributed by atoms with Crippen LogP contribution >= 0.6 is 0 Å². The molecule has 0 aliphatic rings. The molecule has 10 nitrogen and oxygen atoms in total. The zero-order chi connectivity index (χ0) is 32.7. The highest BCUT2D eigenvalue weighted by molar-refractivity contribution is 6.01. The molecule has 13 heteroatoms. The second kappa shape index (κ2) is 14.1. The van der Waals surface area contributed by atoms with E-state index in [-0.39, 0.29) is 5.91 Å². The van der Waals surface area contributed by atoms with Crippen molar-refractivity contribution in [3.05, 3.63) is 82.8 Å². The number of carbonyl (C=O) groups excluding carboxylic acids is 3. The minimum absolute atomic E-state index is 0.229. The smallest absolute Gasteiger partial charge is 0.430 e. The van der Waals surface area contributed by atoms with Crippen molar-refractivity contribution in [2.24, 2.45) is 0 Å². The van der Waals surface area contributed by atoms with Crippen molar-refractivity contribution in [2.45, 2.75) is 59.0 Å². The second-order valence-corrected chi connectivity index (χ2v) is 10.7. The van der Waals surface area contributed by atoms with Gasteiger partial charge in [0.25, 0.3) is 5.91 Å². The number of carbonyl (C=O) groups is 3. The van der Waals surface area contributed by atoms with Crippen LogP contribution in [0.4, 0.5) is 18.9 Å². The number of nitrogens with one attached hydrogen (secondary N) is 3. The Bertz CT molecular complexity index is 1600. The molecular formula is C31H35F3N4O6. The number of esters is 1. The summed E-state index contributed by atoms with van der Waals surface area (Å²) in [5, 5.41) is 15.0. The number of methoxy groups -OCH3 is 1. The summed E-state index contributed by atoms with van der Waals surface area (Å²) in [5.41, 5.74) is 4.48. The van der Waals surface area contributed by atoms with E-state index in [2.05, 4.69) is 15.3 Å². The molecule has 0 unspecified atom stereocenters. The highest BCUT2D eigenvalue weighted by atomic mass is 19.4. The largest absolute Gasteiger partial charge is 0.542 e. The molecular weight excluding hydrogens is 581 g/mol. The van der Waals surface area contributed by atoms with Gasteiger partial charge in [0.1, 0.15) is 35.2 Å². The van der Waals surface area contributed by atoms with Crippen LogP contribution in [-0.4, -0.2) is 46.7 Å². The first-order valence-corrected chi connectivity index (χ1v) is 13.7. The van der Waals surface area contributed by atoms with E-state index in [0.717, 1.165) is 27.9 Å². The molecule has 2 heterocycles. The number of halogens is 3. The lowest BCUT2D eigenvalue weighted by molar-refractivity contribution is -0.589. The number of rotatable bonds is 9. The molecule has 1 amide bonds. The predicted octanol–water partition coefficient (Wildman–Crippen LogP) is 3.65. The average Bonchev–Trinajstić information content (AvgIpc) is 3.58. The quantitative estimate of drug-likeness (QED) is 0.166. The Morgan fingerprint density at radius 1 is 1.02 bits per heavy atom. The van der Waals surface area contributed by atoms with E-state index in [1.54, 1.807) is 7.11 Å². The van der Waals surface area contributed by atoms with Crippen LogP contribution in [0.25, 0.3) is 10.9 Å². The lowest BCUT2D eigenvalue weighted by Gasteiger charge is -2.19. The number of aromatic nitrogens is 2. The standard InChI is InChI=1S/C29H34N4O4.C2HF3O2/c1-6-22-25(27(34)32-16-18-7-8-19-13-14-30-23(19)15-18)24(33-26(22)28(35)37-29(2,3)4)17-31-20-9-11-21(36-5)12-10-20;3-2(4,5)1(6)7/h7-15,30-31,33H,6,16-17H2,1-5H3,(H,32,34);(H,6,7). The summed E-state index contributed by atoms with van der Waals surface area (Å²) in [7, 11) is 1.63. The molecule has 0 spiro atoms. The Balaban J connectivity index is 0.000000676. The first-order valence-electron chi connectivity index (χ1n) is 13.7. The van der Waals surface area contributed by atoms with Crippen molar-refractivity contribution >= 4 is 34.4 Å². The third-order valence-corrected chi connectivity index (χ3v) is 6.33. The number of benzene rings is 2. The van der Waals surface area contributed by atoms with Crippen LogP contribution in [0, 0.1) is 0 Å². The van der Waals surface area contributed by atoms with Crippen molar-refractivity contribution in [3.63, 3.8) is 0 Å². The van der Waals surface area contributed by atoms with Gasteiger partial charge in [-0.15, -0.1) is 0 Å². The van der Waals surface area contributed by atoms with Gasteiger partial charge in [0, 0.05) is 30.4 Å². The van der Waals surface area contributed by atoms with Gasteiger partial charge in [0.05, 0.1) is 18.4 Å². The second-order valence-electron chi connectivity index (χ2n) is 10.7. The predicted molar refractivity (Wildman–Crippen MR) is 154 cm³/mol. The number of ether oxygens (including phenoxy) is 2. The summed E-state index contributed by atoms with van der Waals surface area (Å²) in [5.74, 6) is -2.93. The number of hydrogen-bond donors (Lipinski definition) is 4. The van der Waals surface area contributed by atoms with E-state index in [1.165, 1.54) is 0 Å². The summed E-state index contributed by atoms with van der Waals surface area (Å²) >= 11 is 0. The van der Waals surface area contributed by atoms with Crippen LogP contribution in [0.2, 0.25) is 0 Å². The highest BCUT2D eigenvalue weighted by Gasteiger charge is 2.30. The summed E-state index contributed by atoms with van der Waals surface area (Å²) < 4.78 is 42.4. The van der Waals surface area contributed by atoms with Gasteiger partial charge in [-0.05, 0) is 68.0 Å². The minimum Gasteiger partial charge on any atom is -0.542 e. The number of carboxylic acid groups (broad SMARTS) is 1. The fraction of sp³-hybridized carbons (Fsp3) is 0.323. The van der Waals surface area contributed by atoms with Crippen LogP contribution in [0.1, 0.15) is 65.4 Å². The number of hydrogen-bond acceptors (Lipinski definition) is 6. The van der Waals surface area contributed by atoms with E-state index in [4.69, 9.17) is 19.4 Å². The van der Waals surface area contributed by atoms with Gasteiger partial charge in [-0.3, -0.25) is 4.79 Å². The van der Waals surface area contributed by atoms with Crippen molar-refractivity contribution in [3.8, 4) is 5.75 Å². The zero-order valence-corrected chi connectivity index (χ0v) is 25.0. The Morgan fingerprint density at radius 2 is 1.68 bits per heavy atom. The molecule has 0 saturated heterocycles. The lowest BCUT2D eigenvalue weighted by atomic mass is 10.0. The molecule has 4 aromatic rings. The first-order chi connectivity index (χ1) is 20.6. The van der Waals surface area contributed by atoms with E-state index in [9.17, 15) is 22.8 Å². The van der Waals surface area contributed by atoms with Gasteiger partial charge in [-0.1, -0.05) is 19.1 Å². The molecule has 0 atom stereocenters. The third kappa shape index (κ3) is 9.11.